The van der Waals surface area contributed by atoms with Crippen LogP contribution in [0.3, 0.4) is 0 Å². The molecule has 3 rings (SSSR count). The highest BCUT2D eigenvalue weighted by Gasteiger charge is 2.46. The number of carbonyl (C=O) groups is 1. The number of nitrogens with zero attached hydrogens (tertiary/aromatic N) is 3. The summed E-state index contributed by atoms with van der Waals surface area (Å²) in [5.74, 6) is -5.07. The van der Waals surface area contributed by atoms with Crippen LogP contribution in [-0.4, -0.2) is 41.5 Å². The molecule has 0 saturated carbocycles. The average Bonchev–Trinajstić information content (AvgIpc) is 2.67. The van der Waals surface area contributed by atoms with Crippen LogP contribution in [0, 0.1) is 0 Å². The van der Waals surface area contributed by atoms with Gasteiger partial charge in [-0.3, -0.25) is 9.78 Å². The van der Waals surface area contributed by atoms with Crippen molar-refractivity contribution in [1.29, 1.82) is 0 Å². The van der Waals surface area contributed by atoms with Crippen molar-refractivity contribution < 1.29 is 26.7 Å². The smallest absolute Gasteiger partial charge is 0.365 e. The third kappa shape index (κ3) is 3.93. The highest BCUT2D eigenvalue weighted by Crippen LogP contribution is 2.33. The van der Waals surface area contributed by atoms with Gasteiger partial charge >= 0.3 is 12.1 Å². The van der Waals surface area contributed by atoms with Crippen LogP contribution in [-0.2, 0) is 16.9 Å². The van der Waals surface area contributed by atoms with Crippen LogP contribution in [0.1, 0.15) is 18.2 Å². The Morgan fingerprint density at radius 1 is 1.04 bits per heavy atom. The van der Waals surface area contributed by atoms with E-state index in [1.54, 1.807) is 11.8 Å². The lowest BCUT2D eigenvalue weighted by atomic mass is 10.1. The van der Waals surface area contributed by atoms with Crippen molar-refractivity contribution in [3.05, 3.63) is 59.9 Å². The Labute approximate surface area is 158 Å². The van der Waals surface area contributed by atoms with Crippen molar-refractivity contribution >= 4 is 11.6 Å². The second-order valence-corrected chi connectivity index (χ2v) is 6.63. The largest absolute Gasteiger partial charge is 0.416 e. The molecule has 1 fully saturated rings. The van der Waals surface area contributed by atoms with Crippen molar-refractivity contribution in [2.45, 2.75) is 25.1 Å². The number of benzene rings is 1. The van der Waals surface area contributed by atoms with E-state index in [-0.39, 0.29) is 25.7 Å². The number of hydrogen-bond acceptors (Lipinski definition) is 3. The molecule has 1 aliphatic heterocycles. The number of rotatable bonds is 3. The van der Waals surface area contributed by atoms with Crippen molar-refractivity contribution in [2.75, 3.05) is 24.5 Å². The van der Waals surface area contributed by atoms with Crippen molar-refractivity contribution in [1.82, 2.24) is 9.88 Å². The minimum Gasteiger partial charge on any atom is -0.365 e. The Morgan fingerprint density at radius 3 is 2.25 bits per heavy atom. The van der Waals surface area contributed by atoms with Gasteiger partial charge in [-0.05, 0) is 43.3 Å². The minimum absolute atomic E-state index is 0.0300. The van der Waals surface area contributed by atoms with Crippen molar-refractivity contribution in [3.63, 3.8) is 0 Å². The van der Waals surface area contributed by atoms with E-state index in [0.29, 0.717) is 5.69 Å². The number of hydrogen-bond donors (Lipinski definition) is 0. The lowest BCUT2D eigenvalue weighted by Crippen LogP contribution is -2.56. The molecule has 0 N–H and O–H groups in total. The lowest BCUT2D eigenvalue weighted by Gasteiger charge is -2.42. The average molecular weight is 399 g/mol. The second-order valence-electron chi connectivity index (χ2n) is 6.63. The monoisotopic (exact) mass is 399 g/mol. The predicted molar refractivity (Wildman–Crippen MR) is 93.0 cm³/mol. The van der Waals surface area contributed by atoms with E-state index in [1.807, 2.05) is 0 Å². The zero-order valence-corrected chi connectivity index (χ0v) is 15.0. The van der Waals surface area contributed by atoms with E-state index in [2.05, 4.69) is 4.98 Å². The zero-order chi connectivity index (χ0) is 20.5. The van der Waals surface area contributed by atoms with Gasteiger partial charge in [-0.15, -0.1) is 0 Å². The van der Waals surface area contributed by atoms with Crippen LogP contribution in [0.5, 0.6) is 0 Å². The first kappa shape index (κ1) is 20.0. The molecule has 0 radical (unpaired) electrons. The maximum Gasteiger partial charge on any atom is 0.416 e. The van der Waals surface area contributed by atoms with Crippen LogP contribution in [0.15, 0.2) is 48.7 Å². The summed E-state index contributed by atoms with van der Waals surface area (Å²) < 4.78 is 67.0. The van der Waals surface area contributed by atoms with Gasteiger partial charge in [-0.1, -0.05) is 6.07 Å². The molecule has 1 aromatic heterocycles. The molecule has 2 aromatic rings. The molecule has 4 nitrogen and oxygen atoms in total. The molecule has 1 atom stereocenters. The summed E-state index contributed by atoms with van der Waals surface area (Å²) in [7, 11) is 0. The summed E-state index contributed by atoms with van der Waals surface area (Å²) in [6, 6.07) is 8.28. The Morgan fingerprint density at radius 2 is 1.71 bits per heavy atom. The van der Waals surface area contributed by atoms with E-state index in [0.717, 1.165) is 23.1 Å². The first-order valence-corrected chi connectivity index (χ1v) is 8.63. The normalized spacial score (nSPS) is 18.3. The minimum atomic E-state index is -4.42. The fraction of sp³-hybridized carbons (Fsp3) is 0.368. The van der Waals surface area contributed by atoms with Gasteiger partial charge in [0, 0.05) is 37.6 Å². The van der Waals surface area contributed by atoms with Crippen LogP contribution >= 0.6 is 0 Å². The molecule has 2 heterocycles. The van der Waals surface area contributed by atoms with E-state index in [4.69, 9.17) is 0 Å². The molecular weight excluding hydrogens is 381 g/mol. The second kappa shape index (κ2) is 7.37. The van der Waals surface area contributed by atoms with Crippen LogP contribution < -0.4 is 4.90 Å². The highest BCUT2D eigenvalue weighted by atomic mass is 19.4. The summed E-state index contributed by atoms with van der Waals surface area (Å²) >= 11 is 0. The highest BCUT2D eigenvalue weighted by molar-refractivity contribution is 5.84. The molecule has 0 bridgehead atoms. The number of amides is 1. The first-order chi connectivity index (χ1) is 13.1. The van der Waals surface area contributed by atoms with Gasteiger partial charge in [0.15, 0.2) is 0 Å². The van der Waals surface area contributed by atoms with E-state index in [1.165, 1.54) is 30.5 Å². The predicted octanol–water partition coefficient (Wildman–Crippen LogP) is 3.93. The molecule has 28 heavy (non-hydrogen) atoms. The molecule has 1 aliphatic rings. The van der Waals surface area contributed by atoms with Gasteiger partial charge in [0.05, 0.1) is 5.56 Å². The molecule has 1 aromatic carbocycles. The Kier molecular flexibility index (Phi) is 5.27. The molecule has 1 saturated heterocycles. The van der Waals surface area contributed by atoms with E-state index < -0.39 is 29.3 Å². The Bertz CT molecular complexity index is 824. The molecule has 1 amide bonds. The number of piperazine rings is 1. The van der Waals surface area contributed by atoms with Gasteiger partial charge in [0.25, 0.3) is 5.91 Å². The maximum absolute atomic E-state index is 14.5. The summed E-state index contributed by atoms with van der Waals surface area (Å²) in [6.45, 7) is 2.03. The summed E-state index contributed by atoms with van der Waals surface area (Å²) in [5, 5.41) is 0. The third-order valence-electron chi connectivity index (χ3n) is 4.70. The molecule has 0 aliphatic carbocycles. The molecular formula is C19H18F5N3O. The maximum atomic E-state index is 14.5. The van der Waals surface area contributed by atoms with Gasteiger partial charge in [0.2, 0.25) is 0 Å². The molecule has 0 spiro atoms. The van der Waals surface area contributed by atoms with Gasteiger partial charge < -0.3 is 9.80 Å². The van der Waals surface area contributed by atoms with Crippen molar-refractivity contribution in [3.8, 4) is 0 Å². The van der Waals surface area contributed by atoms with E-state index in [9.17, 15) is 26.7 Å². The molecule has 1 unspecified atom stereocenters. The standard InChI is InChI=1S/C19H18F5N3O/c1-13-12-26(17(28)18(20,21)16-4-2-3-9-25-16)10-11-27(13)15-7-5-14(6-8-15)19(22,23)24/h2-9,13H,10-12H2,1H3. The van der Waals surface area contributed by atoms with Crippen LogP contribution in [0.25, 0.3) is 0 Å². The fourth-order valence-corrected chi connectivity index (χ4v) is 3.22. The molecule has 9 heteroatoms. The SMILES string of the molecule is CC1CN(C(=O)C(F)(F)c2ccccn2)CCN1c1ccc(C(F)(F)F)cc1. The lowest BCUT2D eigenvalue weighted by molar-refractivity contribution is -0.160. The number of anilines is 1. The topological polar surface area (TPSA) is 36.4 Å². The number of alkyl halides is 5. The number of pyridine rings is 1. The summed E-state index contributed by atoms with van der Waals surface area (Å²) in [6.07, 6.45) is -3.23. The first-order valence-electron chi connectivity index (χ1n) is 8.63. The Hall–Kier alpha value is -2.71. The fourth-order valence-electron chi connectivity index (χ4n) is 3.22. The molecule has 150 valence electrons. The van der Waals surface area contributed by atoms with Gasteiger partial charge in [0.1, 0.15) is 5.69 Å². The number of carbonyl (C=O) groups excluding carboxylic acids is 1. The van der Waals surface area contributed by atoms with Crippen LogP contribution in [0.4, 0.5) is 27.6 Å². The van der Waals surface area contributed by atoms with Gasteiger partial charge in [-0.25, -0.2) is 0 Å². The number of halogens is 5. The zero-order valence-electron chi connectivity index (χ0n) is 15.0. The summed E-state index contributed by atoms with van der Waals surface area (Å²) in [5.41, 5.74) is -0.824. The Balaban J connectivity index is 1.70. The van der Waals surface area contributed by atoms with E-state index >= 15 is 0 Å². The van der Waals surface area contributed by atoms with Crippen molar-refractivity contribution in [2.24, 2.45) is 0 Å². The number of aromatic nitrogens is 1. The van der Waals surface area contributed by atoms with Gasteiger partial charge in [-0.2, -0.15) is 22.0 Å². The quantitative estimate of drug-likeness (QED) is 0.734. The third-order valence-corrected chi connectivity index (χ3v) is 4.70. The summed E-state index contributed by atoms with van der Waals surface area (Å²) in [4.78, 5) is 18.8. The van der Waals surface area contributed by atoms with Crippen LogP contribution in [0.2, 0.25) is 0 Å².